The molecule has 0 bridgehead atoms. The van der Waals surface area contributed by atoms with Gasteiger partial charge in [0.2, 0.25) is 10.0 Å². The van der Waals surface area contributed by atoms with E-state index in [1.807, 2.05) is 20.8 Å². The highest BCUT2D eigenvalue weighted by Crippen LogP contribution is 2.29. The van der Waals surface area contributed by atoms with E-state index in [-0.39, 0.29) is 40.4 Å². The lowest BCUT2D eigenvalue weighted by Gasteiger charge is -2.26. The number of aryl methyl sites for hydroxylation is 1. The van der Waals surface area contributed by atoms with Crippen molar-refractivity contribution in [2.45, 2.75) is 69.4 Å². The summed E-state index contributed by atoms with van der Waals surface area (Å²) >= 11 is 0. The molecule has 1 fully saturated rings. The van der Waals surface area contributed by atoms with Gasteiger partial charge in [-0.15, -0.1) is 0 Å². The Hall–Kier alpha value is -2.89. The number of rotatable bonds is 6. The summed E-state index contributed by atoms with van der Waals surface area (Å²) in [5.41, 5.74) is 8.14. The standard InChI is InChI=1S/C22H28N6O4S/c1-12(2)21-26-22(32-27-21)19-20(23)24-11-18(25-19)17-10-16(9-4-13(17)3)33(30,31)28-14-5-7-15(29)8-6-14/h4,9-12,14-15,28-29H,5-8H2,1-3H3,(H2,23,24). The average Bonchev–Trinajstić information content (AvgIpc) is 3.26. The molecule has 3 aromatic rings. The number of nitrogens with one attached hydrogen (secondary N) is 1. The Labute approximate surface area is 192 Å². The highest BCUT2D eigenvalue weighted by Gasteiger charge is 2.26. The molecule has 0 unspecified atom stereocenters. The minimum atomic E-state index is -3.75. The van der Waals surface area contributed by atoms with Crippen LogP contribution in [0.3, 0.4) is 0 Å². The molecule has 0 radical (unpaired) electrons. The second-order valence-corrected chi connectivity index (χ2v) is 10.4. The van der Waals surface area contributed by atoms with Gasteiger partial charge in [-0.1, -0.05) is 25.1 Å². The van der Waals surface area contributed by atoms with Crippen LogP contribution in [0.5, 0.6) is 0 Å². The van der Waals surface area contributed by atoms with Gasteiger partial charge in [-0.05, 0) is 50.3 Å². The van der Waals surface area contributed by atoms with Gasteiger partial charge in [-0.3, -0.25) is 0 Å². The summed E-state index contributed by atoms with van der Waals surface area (Å²) in [6.07, 6.45) is 3.52. The Morgan fingerprint density at radius 3 is 2.58 bits per heavy atom. The Kier molecular flexibility index (Phi) is 6.46. The van der Waals surface area contributed by atoms with Gasteiger partial charge in [-0.25, -0.2) is 23.1 Å². The first-order chi connectivity index (χ1) is 15.6. The molecule has 1 saturated carbocycles. The molecule has 2 heterocycles. The molecule has 4 N–H and O–H groups in total. The molecule has 10 nitrogen and oxygen atoms in total. The molecule has 4 rings (SSSR count). The lowest BCUT2D eigenvalue weighted by Crippen LogP contribution is -2.38. The van der Waals surface area contributed by atoms with Crippen LogP contribution in [0.15, 0.2) is 33.8 Å². The topological polar surface area (TPSA) is 157 Å². The number of nitrogens with two attached hydrogens (primary N) is 1. The minimum absolute atomic E-state index is 0.0731. The van der Waals surface area contributed by atoms with Crippen LogP contribution < -0.4 is 10.5 Å². The minimum Gasteiger partial charge on any atom is -0.393 e. The van der Waals surface area contributed by atoms with Crippen molar-refractivity contribution in [3.8, 4) is 22.8 Å². The molecule has 0 amide bonds. The predicted octanol–water partition coefficient (Wildman–Crippen LogP) is 2.79. The van der Waals surface area contributed by atoms with Gasteiger partial charge < -0.3 is 15.4 Å². The van der Waals surface area contributed by atoms with E-state index in [9.17, 15) is 13.5 Å². The summed E-state index contributed by atoms with van der Waals surface area (Å²) in [6, 6.07) is 4.68. The van der Waals surface area contributed by atoms with Gasteiger partial charge in [0.15, 0.2) is 17.3 Å². The third-order valence-electron chi connectivity index (χ3n) is 5.78. The second-order valence-electron chi connectivity index (χ2n) is 8.70. The first kappa shape index (κ1) is 23.3. The summed E-state index contributed by atoms with van der Waals surface area (Å²) in [7, 11) is -3.75. The van der Waals surface area contributed by atoms with Crippen molar-refractivity contribution < 1.29 is 18.0 Å². The van der Waals surface area contributed by atoms with Crippen molar-refractivity contribution in [3.63, 3.8) is 0 Å². The van der Waals surface area contributed by atoms with E-state index in [1.54, 1.807) is 18.2 Å². The van der Waals surface area contributed by atoms with Crippen LogP contribution in [-0.4, -0.2) is 45.8 Å². The van der Waals surface area contributed by atoms with Crippen LogP contribution in [-0.2, 0) is 10.0 Å². The molecular weight excluding hydrogens is 444 g/mol. The molecule has 11 heteroatoms. The molecule has 1 aliphatic carbocycles. The van der Waals surface area contributed by atoms with Crippen molar-refractivity contribution in [2.24, 2.45) is 0 Å². The smallest absolute Gasteiger partial charge is 0.280 e. The fourth-order valence-electron chi connectivity index (χ4n) is 3.78. The molecule has 1 aliphatic rings. The van der Waals surface area contributed by atoms with E-state index < -0.39 is 10.0 Å². The van der Waals surface area contributed by atoms with E-state index >= 15 is 0 Å². The molecule has 33 heavy (non-hydrogen) atoms. The van der Waals surface area contributed by atoms with Crippen LogP contribution in [0.1, 0.15) is 56.8 Å². The van der Waals surface area contributed by atoms with Crippen LogP contribution >= 0.6 is 0 Å². The SMILES string of the molecule is Cc1ccc(S(=O)(=O)NC2CCC(O)CC2)cc1-c1cnc(N)c(-c2nc(C(C)C)no2)n1. The summed E-state index contributed by atoms with van der Waals surface area (Å²) in [5.74, 6) is 0.902. The number of nitrogens with zero attached hydrogens (tertiary/aromatic N) is 4. The van der Waals surface area contributed by atoms with Gasteiger partial charge in [-0.2, -0.15) is 4.98 Å². The highest BCUT2D eigenvalue weighted by molar-refractivity contribution is 7.89. The van der Waals surface area contributed by atoms with Crippen LogP contribution in [0.2, 0.25) is 0 Å². The molecule has 0 aliphatic heterocycles. The van der Waals surface area contributed by atoms with Gasteiger partial charge >= 0.3 is 0 Å². The maximum atomic E-state index is 13.0. The zero-order chi connectivity index (χ0) is 23.8. The fourth-order valence-corrected chi connectivity index (χ4v) is 5.11. The van der Waals surface area contributed by atoms with Gasteiger partial charge in [0.05, 0.1) is 22.9 Å². The zero-order valence-corrected chi connectivity index (χ0v) is 19.6. The van der Waals surface area contributed by atoms with Crippen molar-refractivity contribution in [3.05, 3.63) is 35.8 Å². The van der Waals surface area contributed by atoms with Gasteiger partial charge in [0.25, 0.3) is 5.89 Å². The lowest BCUT2D eigenvalue weighted by atomic mass is 9.94. The Bertz CT molecular complexity index is 1250. The number of anilines is 1. The van der Waals surface area contributed by atoms with E-state index in [1.165, 1.54) is 6.20 Å². The van der Waals surface area contributed by atoms with Crippen molar-refractivity contribution in [1.29, 1.82) is 0 Å². The quantitative estimate of drug-likeness (QED) is 0.490. The van der Waals surface area contributed by atoms with Crippen LogP contribution in [0.4, 0.5) is 5.82 Å². The largest absolute Gasteiger partial charge is 0.393 e. The zero-order valence-electron chi connectivity index (χ0n) is 18.8. The molecule has 0 saturated heterocycles. The summed E-state index contributed by atoms with van der Waals surface area (Å²) in [6.45, 7) is 5.75. The van der Waals surface area contributed by atoms with Gasteiger partial charge in [0.1, 0.15) is 0 Å². The monoisotopic (exact) mass is 472 g/mol. The number of hydrogen-bond acceptors (Lipinski definition) is 9. The Morgan fingerprint density at radius 1 is 1.18 bits per heavy atom. The molecular formula is C22H28N6O4S. The number of aliphatic hydroxyl groups excluding tert-OH is 1. The summed E-state index contributed by atoms with van der Waals surface area (Å²) in [5, 5.41) is 13.6. The number of sulfonamides is 1. The summed E-state index contributed by atoms with van der Waals surface area (Å²) in [4.78, 5) is 13.3. The molecule has 0 spiro atoms. The predicted molar refractivity (Wildman–Crippen MR) is 123 cm³/mol. The molecule has 176 valence electrons. The van der Waals surface area contributed by atoms with Crippen molar-refractivity contribution in [2.75, 3.05) is 5.73 Å². The second kappa shape index (κ2) is 9.16. The van der Waals surface area contributed by atoms with E-state index in [4.69, 9.17) is 10.3 Å². The normalized spacial score (nSPS) is 19.2. The molecule has 2 aromatic heterocycles. The average molecular weight is 473 g/mol. The lowest BCUT2D eigenvalue weighted by molar-refractivity contribution is 0.120. The molecule has 0 atom stereocenters. The number of aliphatic hydroxyl groups is 1. The number of aromatic nitrogens is 4. The highest BCUT2D eigenvalue weighted by atomic mass is 32.2. The number of nitrogen functional groups attached to an aromatic ring is 1. The van der Waals surface area contributed by atoms with E-state index in [0.29, 0.717) is 42.8 Å². The molecule has 1 aromatic carbocycles. The number of hydrogen-bond donors (Lipinski definition) is 3. The maximum Gasteiger partial charge on any atom is 0.280 e. The van der Waals surface area contributed by atoms with Crippen molar-refractivity contribution in [1.82, 2.24) is 24.8 Å². The van der Waals surface area contributed by atoms with Crippen LogP contribution in [0, 0.1) is 6.92 Å². The first-order valence-electron chi connectivity index (χ1n) is 10.9. The summed E-state index contributed by atoms with van der Waals surface area (Å²) < 4.78 is 34.1. The Balaban J connectivity index is 1.66. The third kappa shape index (κ3) is 5.05. The fraction of sp³-hybridized carbons (Fsp3) is 0.455. The first-order valence-corrected chi connectivity index (χ1v) is 12.4. The maximum absolute atomic E-state index is 13.0. The van der Waals surface area contributed by atoms with Crippen molar-refractivity contribution >= 4 is 15.8 Å². The Morgan fingerprint density at radius 2 is 1.91 bits per heavy atom. The van der Waals surface area contributed by atoms with Gasteiger partial charge in [0, 0.05) is 17.5 Å². The number of benzene rings is 1. The van der Waals surface area contributed by atoms with Crippen LogP contribution in [0.25, 0.3) is 22.8 Å². The van der Waals surface area contributed by atoms with E-state index in [0.717, 1.165) is 5.56 Å². The van der Waals surface area contributed by atoms with E-state index in [2.05, 4.69) is 24.8 Å². The third-order valence-corrected chi connectivity index (χ3v) is 7.29.